The molecule has 1 aromatic carbocycles. The zero-order valence-corrected chi connectivity index (χ0v) is 8.76. The summed E-state index contributed by atoms with van der Waals surface area (Å²) in [7, 11) is 0. The zero-order chi connectivity index (χ0) is 9.80. The second kappa shape index (κ2) is 4.78. The third-order valence-electron chi connectivity index (χ3n) is 2.36. The van der Waals surface area contributed by atoms with Crippen LogP contribution in [0.2, 0.25) is 5.02 Å². The number of halogens is 1. The summed E-state index contributed by atoms with van der Waals surface area (Å²) in [5, 5.41) is 4.11. The SMILES string of the molecule is Clc1cccc(C[C@@H]2CNCCO2)c1. The van der Waals surface area contributed by atoms with Crippen molar-refractivity contribution < 1.29 is 4.74 Å². The number of rotatable bonds is 2. The smallest absolute Gasteiger partial charge is 0.0740 e. The van der Waals surface area contributed by atoms with E-state index in [0.717, 1.165) is 31.1 Å². The van der Waals surface area contributed by atoms with Gasteiger partial charge in [0.1, 0.15) is 0 Å². The highest BCUT2D eigenvalue weighted by Gasteiger charge is 2.13. The van der Waals surface area contributed by atoms with E-state index in [0.29, 0.717) is 6.10 Å². The van der Waals surface area contributed by atoms with E-state index in [2.05, 4.69) is 11.4 Å². The van der Waals surface area contributed by atoms with Crippen LogP contribution in [0.4, 0.5) is 0 Å². The molecule has 0 radical (unpaired) electrons. The molecule has 0 bridgehead atoms. The number of nitrogens with one attached hydrogen (secondary N) is 1. The summed E-state index contributed by atoms with van der Waals surface area (Å²) in [4.78, 5) is 0. The molecule has 2 nitrogen and oxygen atoms in total. The standard InChI is InChI=1S/C11H14ClNO/c12-10-3-1-2-9(6-10)7-11-8-13-4-5-14-11/h1-3,6,11,13H,4-5,7-8H2/t11-/m1/s1. The molecular weight excluding hydrogens is 198 g/mol. The summed E-state index contributed by atoms with van der Waals surface area (Å²) in [5.74, 6) is 0. The van der Waals surface area contributed by atoms with Crippen LogP contribution in [-0.4, -0.2) is 25.8 Å². The Bertz CT molecular complexity index is 297. The van der Waals surface area contributed by atoms with Gasteiger partial charge in [-0.25, -0.2) is 0 Å². The topological polar surface area (TPSA) is 21.3 Å². The van der Waals surface area contributed by atoms with Crippen molar-refractivity contribution in [3.63, 3.8) is 0 Å². The van der Waals surface area contributed by atoms with Gasteiger partial charge in [-0.2, -0.15) is 0 Å². The number of morpholine rings is 1. The van der Waals surface area contributed by atoms with Crippen molar-refractivity contribution in [1.29, 1.82) is 0 Å². The van der Waals surface area contributed by atoms with Crippen molar-refractivity contribution >= 4 is 11.6 Å². The van der Waals surface area contributed by atoms with Crippen LogP contribution in [0.15, 0.2) is 24.3 Å². The summed E-state index contributed by atoms with van der Waals surface area (Å²) in [6, 6.07) is 7.96. The fourth-order valence-corrected chi connectivity index (χ4v) is 1.89. The lowest BCUT2D eigenvalue weighted by atomic mass is 10.1. The third-order valence-corrected chi connectivity index (χ3v) is 2.59. The van der Waals surface area contributed by atoms with E-state index in [1.54, 1.807) is 0 Å². The van der Waals surface area contributed by atoms with Gasteiger partial charge in [-0.15, -0.1) is 0 Å². The molecule has 0 unspecified atom stereocenters. The molecule has 0 spiro atoms. The highest BCUT2D eigenvalue weighted by molar-refractivity contribution is 6.30. The van der Waals surface area contributed by atoms with Crippen LogP contribution in [0.3, 0.4) is 0 Å². The molecule has 0 aromatic heterocycles. The van der Waals surface area contributed by atoms with Gasteiger partial charge in [0.05, 0.1) is 12.7 Å². The number of benzene rings is 1. The van der Waals surface area contributed by atoms with Crippen molar-refractivity contribution in [3.05, 3.63) is 34.9 Å². The van der Waals surface area contributed by atoms with Gasteiger partial charge in [0.2, 0.25) is 0 Å². The summed E-state index contributed by atoms with van der Waals surface area (Å²) in [6.45, 7) is 2.71. The Kier molecular flexibility index (Phi) is 3.40. The van der Waals surface area contributed by atoms with Crippen LogP contribution in [0.5, 0.6) is 0 Å². The molecule has 1 atom stereocenters. The predicted molar refractivity (Wildman–Crippen MR) is 57.8 cm³/mol. The van der Waals surface area contributed by atoms with Crippen LogP contribution in [0.1, 0.15) is 5.56 Å². The quantitative estimate of drug-likeness (QED) is 0.807. The molecule has 1 heterocycles. The van der Waals surface area contributed by atoms with Crippen molar-refractivity contribution in [2.45, 2.75) is 12.5 Å². The molecule has 76 valence electrons. The van der Waals surface area contributed by atoms with Gasteiger partial charge >= 0.3 is 0 Å². The van der Waals surface area contributed by atoms with Gasteiger partial charge in [0.25, 0.3) is 0 Å². The second-order valence-electron chi connectivity index (χ2n) is 3.53. The Morgan fingerprint density at radius 1 is 1.50 bits per heavy atom. The Hall–Kier alpha value is -0.570. The van der Waals surface area contributed by atoms with Gasteiger partial charge in [-0.05, 0) is 24.1 Å². The lowest BCUT2D eigenvalue weighted by molar-refractivity contribution is 0.0292. The van der Waals surface area contributed by atoms with Gasteiger partial charge in [-0.3, -0.25) is 0 Å². The van der Waals surface area contributed by atoms with E-state index < -0.39 is 0 Å². The molecule has 1 fully saturated rings. The average Bonchev–Trinajstić information content (AvgIpc) is 2.19. The fourth-order valence-electron chi connectivity index (χ4n) is 1.68. The van der Waals surface area contributed by atoms with E-state index in [1.165, 1.54) is 5.56 Å². The Labute approximate surface area is 89.2 Å². The maximum Gasteiger partial charge on any atom is 0.0740 e. The zero-order valence-electron chi connectivity index (χ0n) is 8.00. The van der Waals surface area contributed by atoms with Crippen LogP contribution < -0.4 is 5.32 Å². The Morgan fingerprint density at radius 3 is 3.14 bits per heavy atom. The summed E-state index contributed by atoms with van der Waals surface area (Å²) in [5.41, 5.74) is 1.24. The molecule has 0 saturated carbocycles. The normalized spacial score (nSPS) is 22.2. The van der Waals surface area contributed by atoms with Crippen molar-refractivity contribution in [2.75, 3.05) is 19.7 Å². The number of hydrogen-bond acceptors (Lipinski definition) is 2. The van der Waals surface area contributed by atoms with Crippen LogP contribution in [-0.2, 0) is 11.2 Å². The molecule has 1 aliphatic heterocycles. The van der Waals surface area contributed by atoms with E-state index in [4.69, 9.17) is 16.3 Å². The highest BCUT2D eigenvalue weighted by Crippen LogP contribution is 2.13. The molecule has 14 heavy (non-hydrogen) atoms. The molecule has 1 saturated heterocycles. The minimum atomic E-state index is 0.294. The fraction of sp³-hybridized carbons (Fsp3) is 0.455. The third kappa shape index (κ3) is 2.71. The first-order chi connectivity index (χ1) is 6.84. The molecule has 1 N–H and O–H groups in total. The summed E-state index contributed by atoms with van der Waals surface area (Å²) >= 11 is 5.91. The highest BCUT2D eigenvalue weighted by atomic mass is 35.5. The van der Waals surface area contributed by atoms with E-state index in [1.807, 2.05) is 18.2 Å². The molecule has 1 aromatic rings. The lowest BCUT2D eigenvalue weighted by Crippen LogP contribution is -2.39. The van der Waals surface area contributed by atoms with Crippen molar-refractivity contribution in [3.8, 4) is 0 Å². The first kappa shape index (κ1) is 9.97. The first-order valence-electron chi connectivity index (χ1n) is 4.91. The Morgan fingerprint density at radius 2 is 2.43 bits per heavy atom. The van der Waals surface area contributed by atoms with Gasteiger partial charge < -0.3 is 10.1 Å². The summed E-state index contributed by atoms with van der Waals surface area (Å²) in [6.07, 6.45) is 1.23. The maximum absolute atomic E-state index is 5.91. The largest absolute Gasteiger partial charge is 0.375 e. The monoisotopic (exact) mass is 211 g/mol. The average molecular weight is 212 g/mol. The van der Waals surface area contributed by atoms with E-state index >= 15 is 0 Å². The van der Waals surface area contributed by atoms with E-state index in [9.17, 15) is 0 Å². The molecular formula is C11H14ClNO. The molecule has 3 heteroatoms. The maximum atomic E-state index is 5.91. The van der Waals surface area contributed by atoms with Gasteiger partial charge in [0.15, 0.2) is 0 Å². The van der Waals surface area contributed by atoms with Crippen LogP contribution >= 0.6 is 11.6 Å². The van der Waals surface area contributed by atoms with Crippen molar-refractivity contribution in [2.24, 2.45) is 0 Å². The molecule has 0 aliphatic carbocycles. The van der Waals surface area contributed by atoms with E-state index in [-0.39, 0.29) is 0 Å². The van der Waals surface area contributed by atoms with Crippen molar-refractivity contribution in [1.82, 2.24) is 5.32 Å². The number of ether oxygens (including phenoxy) is 1. The number of hydrogen-bond donors (Lipinski definition) is 1. The predicted octanol–water partition coefficient (Wildman–Crippen LogP) is 1.87. The van der Waals surface area contributed by atoms with Crippen LogP contribution in [0.25, 0.3) is 0 Å². The Balaban J connectivity index is 1.95. The minimum absolute atomic E-state index is 0.294. The summed E-state index contributed by atoms with van der Waals surface area (Å²) < 4.78 is 5.62. The molecule has 2 rings (SSSR count). The molecule has 0 amide bonds. The first-order valence-corrected chi connectivity index (χ1v) is 5.29. The second-order valence-corrected chi connectivity index (χ2v) is 3.97. The lowest BCUT2D eigenvalue weighted by Gasteiger charge is -2.23. The molecule has 1 aliphatic rings. The minimum Gasteiger partial charge on any atom is -0.375 e. The van der Waals surface area contributed by atoms with Crippen LogP contribution in [0, 0.1) is 0 Å². The van der Waals surface area contributed by atoms with Gasteiger partial charge in [0, 0.05) is 18.1 Å². The van der Waals surface area contributed by atoms with Gasteiger partial charge in [-0.1, -0.05) is 23.7 Å².